The number of hydrogen-bond acceptors (Lipinski definition) is 7. The van der Waals surface area contributed by atoms with Gasteiger partial charge in [0.2, 0.25) is 0 Å². The van der Waals surface area contributed by atoms with Crippen molar-refractivity contribution in [2.24, 2.45) is 0 Å². The Labute approximate surface area is 228 Å². The quantitative estimate of drug-likeness (QED) is 0.324. The molecule has 8 heteroatoms. The number of likely N-dealkylation sites (N-methyl/N-ethyl adjacent to an activating group) is 1. The summed E-state index contributed by atoms with van der Waals surface area (Å²) in [6, 6.07) is 24.3. The van der Waals surface area contributed by atoms with E-state index in [1.54, 1.807) is 17.8 Å². The monoisotopic (exact) mass is 520 g/mol. The van der Waals surface area contributed by atoms with Crippen LogP contribution in [0.4, 0.5) is 11.5 Å². The van der Waals surface area contributed by atoms with Crippen LogP contribution in [0.5, 0.6) is 11.5 Å². The largest absolute Gasteiger partial charge is 0.496 e. The standard InChI is InChI=1S/C31H32N6O2/c1-35-14-16-36(17-15-35)23-12-13-28(38-2)25(18-23)27-20-34-37-30(32)26(19-33-31(27)37)24-10-6-7-11-29(24)39-21-22-8-4-3-5-9-22/h3-13,18-20H,14-17,21,32H2,1-2H3. The lowest BCUT2D eigenvalue weighted by Crippen LogP contribution is -2.44. The molecule has 0 spiro atoms. The molecule has 3 aromatic carbocycles. The smallest absolute Gasteiger partial charge is 0.165 e. The van der Waals surface area contributed by atoms with Crippen LogP contribution >= 0.6 is 0 Å². The van der Waals surface area contributed by atoms with Gasteiger partial charge in [0.05, 0.1) is 18.9 Å². The van der Waals surface area contributed by atoms with Crippen molar-refractivity contribution in [3.63, 3.8) is 0 Å². The fraction of sp³-hybridized carbons (Fsp3) is 0.226. The van der Waals surface area contributed by atoms with E-state index in [1.165, 1.54) is 0 Å². The third-order valence-electron chi connectivity index (χ3n) is 7.32. The number of fused-ring (bicyclic) bond motifs is 1. The van der Waals surface area contributed by atoms with Crippen molar-refractivity contribution in [1.29, 1.82) is 0 Å². The van der Waals surface area contributed by atoms with Crippen LogP contribution in [-0.2, 0) is 6.61 Å². The van der Waals surface area contributed by atoms with E-state index in [0.29, 0.717) is 18.1 Å². The van der Waals surface area contributed by atoms with Gasteiger partial charge in [-0.05, 0) is 36.9 Å². The zero-order valence-electron chi connectivity index (χ0n) is 22.2. The van der Waals surface area contributed by atoms with Crippen LogP contribution in [-0.4, -0.2) is 59.8 Å². The van der Waals surface area contributed by atoms with Gasteiger partial charge >= 0.3 is 0 Å². The molecule has 1 saturated heterocycles. The van der Waals surface area contributed by atoms with Gasteiger partial charge in [-0.3, -0.25) is 0 Å². The molecule has 1 aliphatic rings. The molecule has 2 N–H and O–H groups in total. The fourth-order valence-electron chi connectivity index (χ4n) is 5.06. The van der Waals surface area contributed by atoms with Gasteiger partial charge in [-0.2, -0.15) is 9.61 Å². The Hall–Kier alpha value is -4.56. The third-order valence-corrected chi connectivity index (χ3v) is 7.32. The van der Waals surface area contributed by atoms with Gasteiger partial charge in [-0.1, -0.05) is 48.5 Å². The van der Waals surface area contributed by atoms with Gasteiger partial charge < -0.3 is 25.0 Å². The van der Waals surface area contributed by atoms with Crippen molar-refractivity contribution in [2.45, 2.75) is 6.61 Å². The van der Waals surface area contributed by atoms with E-state index >= 15 is 0 Å². The maximum Gasteiger partial charge on any atom is 0.165 e. The summed E-state index contributed by atoms with van der Waals surface area (Å²) in [5.41, 5.74) is 13.1. The Morgan fingerprint density at radius 2 is 1.56 bits per heavy atom. The molecule has 198 valence electrons. The number of nitrogen functional groups attached to an aromatic ring is 1. The van der Waals surface area contributed by atoms with E-state index in [9.17, 15) is 0 Å². The average molecular weight is 521 g/mol. The highest BCUT2D eigenvalue weighted by atomic mass is 16.5. The second kappa shape index (κ2) is 10.7. The first-order valence-corrected chi connectivity index (χ1v) is 13.1. The van der Waals surface area contributed by atoms with Gasteiger partial charge in [0.1, 0.15) is 23.9 Å². The number of benzene rings is 3. The predicted octanol–water partition coefficient (Wildman–Crippen LogP) is 4.98. The van der Waals surface area contributed by atoms with E-state index in [1.807, 2.05) is 66.9 Å². The minimum atomic E-state index is 0.461. The summed E-state index contributed by atoms with van der Waals surface area (Å²) in [6.07, 6.45) is 3.61. The first kappa shape index (κ1) is 24.8. The topological polar surface area (TPSA) is 81.2 Å². The molecule has 0 saturated carbocycles. The first-order valence-electron chi connectivity index (χ1n) is 13.1. The van der Waals surface area contributed by atoms with Gasteiger partial charge in [-0.25, -0.2) is 4.98 Å². The summed E-state index contributed by atoms with van der Waals surface area (Å²) in [4.78, 5) is 9.58. The summed E-state index contributed by atoms with van der Waals surface area (Å²) >= 11 is 0. The number of nitrogens with two attached hydrogens (primary N) is 1. The molecule has 0 amide bonds. The van der Waals surface area contributed by atoms with Gasteiger partial charge in [-0.15, -0.1) is 0 Å². The molecule has 5 aromatic rings. The summed E-state index contributed by atoms with van der Waals surface area (Å²) in [7, 11) is 3.85. The maximum atomic E-state index is 6.71. The second-order valence-corrected chi connectivity index (χ2v) is 9.80. The number of hydrogen-bond donors (Lipinski definition) is 1. The molecular formula is C31H32N6O2. The van der Waals surface area contributed by atoms with Gasteiger partial charge in [0, 0.05) is 54.8 Å². The number of rotatable bonds is 7. The van der Waals surface area contributed by atoms with Crippen LogP contribution < -0.4 is 20.1 Å². The van der Waals surface area contributed by atoms with Crippen molar-refractivity contribution >= 4 is 17.2 Å². The SMILES string of the molecule is COc1ccc(N2CCN(C)CC2)cc1-c1cnn2c(N)c(-c3ccccc3OCc3ccccc3)cnc12. The van der Waals surface area contributed by atoms with Crippen LogP contribution in [0.3, 0.4) is 0 Å². The zero-order valence-corrected chi connectivity index (χ0v) is 22.2. The Balaban J connectivity index is 1.36. The number of anilines is 2. The molecule has 0 aliphatic carbocycles. The van der Waals surface area contributed by atoms with E-state index in [4.69, 9.17) is 20.2 Å². The normalized spacial score (nSPS) is 14.1. The van der Waals surface area contributed by atoms with Crippen LogP contribution in [0.15, 0.2) is 85.2 Å². The van der Waals surface area contributed by atoms with Gasteiger partial charge in [0.25, 0.3) is 0 Å². The fourth-order valence-corrected chi connectivity index (χ4v) is 5.06. The number of aromatic nitrogens is 3. The Kier molecular flexibility index (Phi) is 6.77. The van der Waals surface area contributed by atoms with Crippen molar-refractivity contribution < 1.29 is 9.47 Å². The number of piperazine rings is 1. The molecule has 0 radical (unpaired) electrons. The van der Waals surface area contributed by atoms with Crippen LogP contribution in [0, 0.1) is 0 Å². The van der Waals surface area contributed by atoms with Crippen molar-refractivity contribution in [2.75, 3.05) is 51.0 Å². The average Bonchev–Trinajstić information content (AvgIpc) is 3.42. The maximum absolute atomic E-state index is 6.71. The highest BCUT2D eigenvalue weighted by molar-refractivity contribution is 5.86. The molecule has 39 heavy (non-hydrogen) atoms. The molecule has 0 bridgehead atoms. The van der Waals surface area contributed by atoms with E-state index < -0.39 is 0 Å². The minimum Gasteiger partial charge on any atom is -0.496 e. The molecule has 1 aliphatic heterocycles. The molecular weight excluding hydrogens is 488 g/mol. The molecule has 0 atom stereocenters. The molecule has 0 unspecified atom stereocenters. The molecule has 1 fully saturated rings. The molecule has 3 heterocycles. The number of ether oxygens (including phenoxy) is 2. The van der Waals surface area contributed by atoms with Crippen LogP contribution in [0.1, 0.15) is 5.56 Å². The Bertz CT molecular complexity index is 1590. The number of methoxy groups -OCH3 is 1. The first-order chi connectivity index (χ1) is 19.1. The van der Waals surface area contributed by atoms with Crippen molar-refractivity contribution in [3.8, 4) is 33.8 Å². The van der Waals surface area contributed by atoms with Crippen molar-refractivity contribution in [3.05, 3.63) is 90.8 Å². The minimum absolute atomic E-state index is 0.461. The molecule has 8 nitrogen and oxygen atoms in total. The number of nitrogens with zero attached hydrogens (tertiary/aromatic N) is 5. The summed E-state index contributed by atoms with van der Waals surface area (Å²) in [5, 5.41) is 4.64. The highest BCUT2D eigenvalue weighted by Gasteiger charge is 2.21. The highest BCUT2D eigenvalue weighted by Crippen LogP contribution is 2.39. The Morgan fingerprint density at radius 3 is 2.36 bits per heavy atom. The van der Waals surface area contributed by atoms with E-state index in [0.717, 1.165) is 71.2 Å². The summed E-state index contributed by atoms with van der Waals surface area (Å²) in [6.45, 7) is 4.50. The number of para-hydroxylation sites is 1. The summed E-state index contributed by atoms with van der Waals surface area (Å²) in [5.74, 6) is 2.01. The van der Waals surface area contributed by atoms with Gasteiger partial charge in [0.15, 0.2) is 5.65 Å². The lowest BCUT2D eigenvalue weighted by Gasteiger charge is -2.34. The molecule has 6 rings (SSSR count). The van der Waals surface area contributed by atoms with E-state index in [-0.39, 0.29) is 0 Å². The third kappa shape index (κ3) is 4.86. The zero-order chi connectivity index (χ0) is 26.8. The van der Waals surface area contributed by atoms with E-state index in [2.05, 4.69) is 34.1 Å². The lowest BCUT2D eigenvalue weighted by atomic mass is 10.0. The van der Waals surface area contributed by atoms with Crippen LogP contribution in [0.2, 0.25) is 0 Å². The van der Waals surface area contributed by atoms with Crippen LogP contribution in [0.25, 0.3) is 27.9 Å². The predicted molar refractivity (Wildman–Crippen MR) is 155 cm³/mol. The second-order valence-electron chi connectivity index (χ2n) is 9.80. The van der Waals surface area contributed by atoms with Crippen molar-refractivity contribution in [1.82, 2.24) is 19.5 Å². The Morgan fingerprint density at radius 1 is 0.795 bits per heavy atom. The summed E-state index contributed by atoms with van der Waals surface area (Å²) < 4.78 is 13.6. The lowest BCUT2D eigenvalue weighted by molar-refractivity contribution is 0.307. The molecule has 2 aromatic heterocycles.